The third kappa shape index (κ3) is 2.51. The van der Waals surface area contributed by atoms with Crippen molar-refractivity contribution in [2.45, 2.75) is 56.6 Å². The quantitative estimate of drug-likeness (QED) is 0.881. The van der Waals surface area contributed by atoms with Crippen molar-refractivity contribution in [1.29, 1.82) is 0 Å². The van der Waals surface area contributed by atoms with Crippen molar-refractivity contribution >= 4 is 10.0 Å². The Morgan fingerprint density at radius 1 is 1.33 bits per heavy atom. The van der Waals surface area contributed by atoms with Gasteiger partial charge in [0.2, 0.25) is 0 Å². The Balaban J connectivity index is 1.94. The maximum absolute atomic E-state index is 13.0. The van der Waals surface area contributed by atoms with Crippen LogP contribution in [0.15, 0.2) is 5.03 Å². The van der Waals surface area contributed by atoms with E-state index in [1.54, 1.807) is 4.31 Å². The van der Waals surface area contributed by atoms with Crippen LogP contribution in [0.3, 0.4) is 0 Å². The zero-order valence-corrected chi connectivity index (χ0v) is 13.5. The van der Waals surface area contributed by atoms with E-state index in [1.807, 2.05) is 14.0 Å². The molecule has 1 aromatic rings. The predicted octanol–water partition coefficient (Wildman–Crippen LogP) is 1.39. The summed E-state index contributed by atoms with van der Waals surface area (Å²) in [4.78, 5) is 0. The highest BCUT2D eigenvalue weighted by molar-refractivity contribution is 7.89. The van der Waals surface area contributed by atoms with E-state index in [2.05, 4.69) is 15.5 Å². The number of nitrogens with one attached hydrogen (secondary N) is 2. The molecule has 1 saturated heterocycles. The topological polar surface area (TPSA) is 78.1 Å². The molecule has 7 heteroatoms. The Labute approximate surface area is 126 Å². The fourth-order valence-corrected chi connectivity index (χ4v) is 5.70. The van der Waals surface area contributed by atoms with Crippen molar-refractivity contribution in [1.82, 2.24) is 19.8 Å². The Kier molecular flexibility index (Phi) is 4.07. The third-order valence-corrected chi connectivity index (χ3v) is 6.80. The lowest BCUT2D eigenvalue weighted by atomic mass is 9.86. The molecule has 2 N–H and O–H groups in total. The number of hydrogen-bond acceptors (Lipinski definition) is 4. The molecule has 2 aliphatic rings. The smallest absolute Gasteiger partial charge is 0.262 e. The average Bonchev–Trinajstić information content (AvgIpc) is 3.04. The fraction of sp³-hybridized carbons (Fsp3) is 0.786. The number of aromatic amines is 1. The first-order valence-electron chi connectivity index (χ1n) is 7.76. The molecule has 0 bridgehead atoms. The maximum Gasteiger partial charge on any atom is 0.262 e. The molecule has 2 unspecified atom stereocenters. The predicted molar refractivity (Wildman–Crippen MR) is 80.3 cm³/mol. The van der Waals surface area contributed by atoms with Crippen LogP contribution < -0.4 is 5.32 Å². The summed E-state index contributed by atoms with van der Waals surface area (Å²) >= 11 is 0. The number of rotatable bonds is 4. The second-order valence-corrected chi connectivity index (χ2v) is 7.98. The first kappa shape index (κ1) is 15.0. The summed E-state index contributed by atoms with van der Waals surface area (Å²) in [5.41, 5.74) is 1.58. The summed E-state index contributed by atoms with van der Waals surface area (Å²) in [5, 5.41) is 10.2. The van der Waals surface area contributed by atoms with Crippen molar-refractivity contribution in [2.75, 3.05) is 13.6 Å². The van der Waals surface area contributed by atoms with Crippen molar-refractivity contribution in [3.8, 4) is 0 Å². The van der Waals surface area contributed by atoms with Crippen LogP contribution in [0.2, 0.25) is 0 Å². The largest absolute Gasteiger partial charge is 0.316 e. The molecule has 1 aliphatic carbocycles. The highest BCUT2D eigenvalue weighted by Gasteiger charge is 2.43. The van der Waals surface area contributed by atoms with E-state index in [0.29, 0.717) is 19.0 Å². The first-order chi connectivity index (χ1) is 10.1. The molecule has 2 fully saturated rings. The second-order valence-electron chi connectivity index (χ2n) is 6.18. The zero-order chi connectivity index (χ0) is 15.0. The van der Waals surface area contributed by atoms with Gasteiger partial charge in [-0.25, -0.2) is 8.42 Å². The molecule has 0 radical (unpaired) electrons. The SMILES string of the molecule is CNCc1c(S(=O)(=O)N2CCC3CCCCC32)n[nH]c1C. The van der Waals surface area contributed by atoms with Crippen molar-refractivity contribution in [3.05, 3.63) is 11.3 Å². The van der Waals surface area contributed by atoms with Gasteiger partial charge in [0.1, 0.15) is 0 Å². The summed E-state index contributed by atoms with van der Waals surface area (Å²) < 4.78 is 27.7. The fourth-order valence-electron chi connectivity index (χ4n) is 3.80. The van der Waals surface area contributed by atoms with Crippen molar-refractivity contribution < 1.29 is 8.42 Å². The number of aromatic nitrogens is 2. The lowest BCUT2D eigenvalue weighted by Crippen LogP contribution is -2.39. The van der Waals surface area contributed by atoms with E-state index in [0.717, 1.165) is 30.5 Å². The van der Waals surface area contributed by atoms with E-state index < -0.39 is 10.0 Å². The summed E-state index contributed by atoms with van der Waals surface area (Å²) in [5.74, 6) is 0.543. The number of hydrogen-bond donors (Lipinski definition) is 2. The average molecular weight is 312 g/mol. The van der Waals surface area contributed by atoms with E-state index in [9.17, 15) is 8.42 Å². The molecule has 21 heavy (non-hydrogen) atoms. The number of H-pyrrole nitrogens is 1. The number of aryl methyl sites for hydroxylation is 1. The number of sulfonamides is 1. The van der Waals surface area contributed by atoms with E-state index in [4.69, 9.17) is 0 Å². The molecule has 2 atom stereocenters. The van der Waals surface area contributed by atoms with Gasteiger partial charge in [0.25, 0.3) is 10.0 Å². The third-order valence-electron chi connectivity index (χ3n) is 4.90. The Hall–Kier alpha value is -0.920. The van der Waals surface area contributed by atoms with Gasteiger partial charge >= 0.3 is 0 Å². The highest BCUT2D eigenvalue weighted by atomic mass is 32.2. The summed E-state index contributed by atoms with van der Waals surface area (Å²) in [6.07, 6.45) is 5.53. The van der Waals surface area contributed by atoms with Gasteiger partial charge in [0, 0.05) is 30.4 Å². The lowest BCUT2D eigenvalue weighted by Gasteiger charge is -2.30. The summed E-state index contributed by atoms with van der Waals surface area (Å²) in [6.45, 7) is 3.02. The lowest BCUT2D eigenvalue weighted by molar-refractivity contribution is 0.260. The van der Waals surface area contributed by atoms with Crippen LogP contribution in [-0.2, 0) is 16.6 Å². The molecular weight excluding hydrogens is 288 g/mol. The van der Waals surface area contributed by atoms with Crippen LogP contribution in [0.1, 0.15) is 43.4 Å². The van der Waals surface area contributed by atoms with Crippen molar-refractivity contribution in [3.63, 3.8) is 0 Å². The molecule has 2 heterocycles. The number of fused-ring (bicyclic) bond motifs is 1. The minimum absolute atomic E-state index is 0.184. The molecular formula is C14H24N4O2S. The van der Waals surface area contributed by atoms with Crippen LogP contribution in [0.4, 0.5) is 0 Å². The molecule has 6 nitrogen and oxygen atoms in total. The van der Waals surface area contributed by atoms with E-state index in [1.165, 1.54) is 12.8 Å². The molecule has 1 aromatic heterocycles. The molecule has 118 valence electrons. The van der Waals surface area contributed by atoms with Gasteiger partial charge in [0.05, 0.1) is 0 Å². The Bertz CT molecular complexity index is 610. The standard InChI is InChI=1S/C14H24N4O2S/c1-10-12(9-15-2)14(17-16-10)21(19,20)18-8-7-11-5-3-4-6-13(11)18/h11,13,15H,3-9H2,1-2H3,(H,16,17). The Morgan fingerprint density at radius 3 is 2.86 bits per heavy atom. The van der Waals surface area contributed by atoms with E-state index in [-0.39, 0.29) is 11.1 Å². The van der Waals surface area contributed by atoms with Gasteiger partial charge in [-0.3, -0.25) is 5.10 Å². The summed E-state index contributed by atoms with van der Waals surface area (Å²) in [6, 6.07) is 0.184. The van der Waals surface area contributed by atoms with Crippen LogP contribution in [0, 0.1) is 12.8 Å². The van der Waals surface area contributed by atoms with Crippen LogP contribution in [-0.4, -0.2) is 42.6 Å². The minimum atomic E-state index is -3.49. The van der Waals surface area contributed by atoms with Crippen LogP contribution in [0.25, 0.3) is 0 Å². The first-order valence-corrected chi connectivity index (χ1v) is 9.20. The molecule has 0 aromatic carbocycles. The normalized spacial score (nSPS) is 27.0. The molecule has 0 spiro atoms. The van der Waals surface area contributed by atoms with Gasteiger partial charge in [-0.15, -0.1) is 0 Å². The van der Waals surface area contributed by atoms with Gasteiger partial charge in [-0.1, -0.05) is 12.8 Å². The monoisotopic (exact) mass is 312 g/mol. The van der Waals surface area contributed by atoms with Gasteiger partial charge in [-0.05, 0) is 39.2 Å². The van der Waals surface area contributed by atoms with Gasteiger partial charge < -0.3 is 5.32 Å². The van der Waals surface area contributed by atoms with Gasteiger partial charge in [0.15, 0.2) is 5.03 Å². The van der Waals surface area contributed by atoms with Gasteiger partial charge in [-0.2, -0.15) is 9.40 Å². The van der Waals surface area contributed by atoms with E-state index >= 15 is 0 Å². The van der Waals surface area contributed by atoms with Crippen LogP contribution in [0.5, 0.6) is 0 Å². The summed E-state index contributed by atoms with van der Waals surface area (Å²) in [7, 11) is -1.67. The highest BCUT2D eigenvalue weighted by Crippen LogP contribution is 2.39. The molecule has 3 rings (SSSR count). The second kappa shape index (κ2) is 5.70. The zero-order valence-electron chi connectivity index (χ0n) is 12.7. The van der Waals surface area contributed by atoms with Crippen LogP contribution >= 0.6 is 0 Å². The molecule has 0 amide bonds. The minimum Gasteiger partial charge on any atom is -0.316 e. The Morgan fingerprint density at radius 2 is 2.10 bits per heavy atom. The molecule has 1 aliphatic heterocycles. The molecule has 1 saturated carbocycles. The maximum atomic E-state index is 13.0. The van der Waals surface area contributed by atoms with Crippen molar-refractivity contribution in [2.24, 2.45) is 5.92 Å². The number of nitrogens with zero attached hydrogens (tertiary/aromatic N) is 2.